The van der Waals surface area contributed by atoms with Crippen LogP contribution in [0.3, 0.4) is 0 Å². The molecule has 2 rings (SSSR count). The van der Waals surface area contributed by atoms with Gasteiger partial charge in [-0.3, -0.25) is 0 Å². The standard InChI is InChI=1S/C16H12BrF3N2OS/c1-3-4-9-24-14-10(2)13(21-15(17)22-14)11-5-7-12(8-6-11)23-16(18,19)20/h5-8H,9H2,1-2H3. The summed E-state index contributed by atoms with van der Waals surface area (Å²) in [5, 5.41) is 0.769. The fraction of sp³-hybridized carbons (Fsp3) is 0.250. The van der Waals surface area contributed by atoms with Crippen LogP contribution in [0.2, 0.25) is 0 Å². The summed E-state index contributed by atoms with van der Waals surface area (Å²) in [5.41, 5.74) is 2.15. The molecular weight excluding hydrogens is 405 g/mol. The molecule has 0 spiro atoms. The van der Waals surface area contributed by atoms with E-state index in [0.29, 0.717) is 21.7 Å². The van der Waals surface area contributed by atoms with Crippen LogP contribution >= 0.6 is 27.7 Å². The zero-order valence-electron chi connectivity index (χ0n) is 12.7. The van der Waals surface area contributed by atoms with Crippen LogP contribution in [0.15, 0.2) is 34.0 Å². The van der Waals surface area contributed by atoms with Crippen molar-refractivity contribution in [2.24, 2.45) is 0 Å². The Morgan fingerprint density at radius 3 is 2.46 bits per heavy atom. The highest BCUT2D eigenvalue weighted by Gasteiger charge is 2.31. The SMILES string of the molecule is CC#CCSc1nc(Br)nc(-c2ccc(OC(F)(F)F)cc2)c1C. The molecule has 1 aromatic heterocycles. The average molecular weight is 417 g/mol. The Bertz CT molecular complexity index is 783. The summed E-state index contributed by atoms with van der Waals surface area (Å²) >= 11 is 4.74. The van der Waals surface area contributed by atoms with E-state index in [0.717, 1.165) is 10.6 Å². The van der Waals surface area contributed by atoms with Gasteiger partial charge in [-0.05, 0) is 54.0 Å². The van der Waals surface area contributed by atoms with Crippen LogP contribution < -0.4 is 4.74 Å². The van der Waals surface area contributed by atoms with E-state index in [1.54, 1.807) is 6.92 Å². The second kappa shape index (κ2) is 7.90. The predicted octanol–water partition coefficient (Wildman–Crippen LogP) is 5.23. The van der Waals surface area contributed by atoms with Gasteiger partial charge in [0.25, 0.3) is 0 Å². The minimum atomic E-state index is -4.71. The molecule has 0 aliphatic heterocycles. The molecule has 0 fully saturated rings. The molecule has 8 heteroatoms. The first kappa shape index (κ1) is 18.6. The van der Waals surface area contributed by atoms with Crippen LogP contribution in [0.5, 0.6) is 5.75 Å². The lowest BCUT2D eigenvalue weighted by Crippen LogP contribution is -2.16. The number of rotatable bonds is 4. The summed E-state index contributed by atoms with van der Waals surface area (Å²) in [6.45, 7) is 3.63. The van der Waals surface area contributed by atoms with Gasteiger partial charge in [-0.2, -0.15) is 0 Å². The van der Waals surface area contributed by atoms with E-state index in [2.05, 4.69) is 42.5 Å². The normalized spacial score (nSPS) is 10.9. The van der Waals surface area contributed by atoms with Gasteiger partial charge < -0.3 is 4.74 Å². The number of benzene rings is 1. The molecule has 0 radical (unpaired) electrons. The fourth-order valence-corrected chi connectivity index (χ4v) is 3.17. The number of aromatic nitrogens is 2. The third-order valence-corrected chi connectivity index (χ3v) is 4.21. The van der Waals surface area contributed by atoms with E-state index in [-0.39, 0.29) is 5.75 Å². The third kappa shape index (κ3) is 5.14. The van der Waals surface area contributed by atoms with Crippen molar-refractivity contribution >= 4 is 27.7 Å². The molecule has 126 valence electrons. The van der Waals surface area contributed by atoms with Gasteiger partial charge in [0, 0.05) is 11.1 Å². The van der Waals surface area contributed by atoms with E-state index < -0.39 is 6.36 Å². The van der Waals surface area contributed by atoms with Crippen LogP contribution in [-0.4, -0.2) is 22.1 Å². The number of nitrogens with zero attached hydrogens (tertiary/aromatic N) is 2. The Hall–Kier alpha value is -1.72. The molecule has 24 heavy (non-hydrogen) atoms. The molecule has 1 heterocycles. The Morgan fingerprint density at radius 2 is 1.88 bits per heavy atom. The minimum absolute atomic E-state index is 0.273. The lowest BCUT2D eigenvalue weighted by Gasteiger charge is -2.11. The predicted molar refractivity (Wildman–Crippen MR) is 90.8 cm³/mol. The van der Waals surface area contributed by atoms with Crippen LogP contribution in [0, 0.1) is 18.8 Å². The minimum Gasteiger partial charge on any atom is -0.406 e. The molecule has 3 nitrogen and oxygen atoms in total. The van der Waals surface area contributed by atoms with Crippen LogP contribution in [0.1, 0.15) is 12.5 Å². The first-order valence-corrected chi connectivity index (χ1v) is 8.50. The van der Waals surface area contributed by atoms with E-state index in [9.17, 15) is 13.2 Å². The third-order valence-electron chi connectivity index (χ3n) is 2.89. The second-order valence-electron chi connectivity index (χ2n) is 4.56. The van der Waals surface area contributed by atoms with Crippen LogP contribution in [-0.2, 0) is 0 Å². The summed E-state index contributed by atoms with van der Waals surface area (Å²) < 4.78 is 40.9. The number of hydrogen-bond donors (Lipinski definition) is 0. The van der Waals surface area contributed by atoms with Gasteiger partial charge in [-0.1, -0.05) is 17.7 Å². The highest BCUT2D eigenvalue weighted by atomic mass is 79.9. The van der Waals surface area contributed by atoms with Crippen molar-refractivity contribution in [3.63, 3.8) is 0 Å². The van der Waals surface area contributed by atoms with Crippen molar-refractivity contribution in [1.82, 2.24) is 9.97 Å². The molecule has 0 saturated carbocycles. The zero-order chi connectivity index (χ0) is 17.7. The largest absolute Gasteiger partial charge is 0.573 e. The molecule has 0 bridgehead atoms. The first-order chi connectivity index (χ1) is 11.3. The Kier molecular flexibility index (Phi) is 6.13. The summed E-state index contributed by atoms with van der Waals surface area (Å²) in [5.74, 6) is 6.08. The molecule has 0 unspecified atom stereocenters. The van der Waals surface area contributed by atoms with Crippen LogP contribution in [0.4, 0.5) is 13.2 Å². The topological polar surface area (TPSA) is 35.0 Å². The maximum absolute atomic E-state index is 12.2. The molecule has 0 N–H and O–H groups in total. The monoisotopic (exact) mass is 416 g/mol. The summed E-state index contributed by atoms with van der Waals surface area (Å²) in [6, 6.07) is 5.58. The molecule has 2 aromatic rings. The van der Waals surface area contributed by atoms with Gasteiger partial charge in [-0.25, -0.2) is 9.97 Å². The van der Waals surface area contributed by atoms with Crippen molar-refractivity contribution in [3.05, 3.63) is 34.6 Å². The molecule has 0 aliphatic rings. The smallest absolute Gasteiger partial charge is 0.406 e. The lowest BCUT2D eigenvalue weighted by molar-refractivity contribution is -0.274. The van der Waals surface area contributed by atoms with Crippen molar-refractivity contribution < 1.29 is 17.9 Å². The first-order valence-electron chi connectivity index (χ1n) is 6.73. The van der Waals surface area contributed by atoms with Crippen molar-refractivity contribution in [3.8, 4) is 28.8 Å². The molecular formula is C16H12BrF3N2OS. The Labute approximate surface area is 150 Å². The lowest BCUT2D eigenvalue weighted by atomic mass is 10.1. The van der Waals surface area contributed by atoms with Gasteiger partial charge in [0.2, 0.25) is 0 Å². The molecule has 0 amide bonds. The van der Waals surface area contributed by atoms with Crippen molar-refractivity contribution in [2.75, 3.05) is 5.75 Å². The fourth-order valence-electron chi connectivity index (χ4n) is 1.88. The maximum atomic E-state index is 12.2. The summed E-state index contributed by atoms with van der Waals surface area (Å²) in [7, 11) is 0. The van der Waals surface area contributed by atoms with Gasteiger partial charge >= 0.3 is 6.36 Å². The van der Waals surface area contributed by atoms with Crippen molar-refractivity contribution in [1.29, 1.82) is 0 Å². The van der Waals surface area contributed by atoms with E-state index in [4.69, 9.17) is 0 Å². The second-order valence-corrected chi connectivity index (χ2v) is 6.23. The van der Waals surface area contributed by atoms with Crippen molar-refractivity contribution in [2.45, 2.75) is 25.2 Å². The molecule has 0 saturated heterocycles. The zero-order valence-corrected chi connectivity index (χ0v) is 15.1. The number of ether oxygens (including phenoxy) is 1. The molecule has 0 atom stereocenters. The van der Waals surface area contributed by atoms with Gasteiger partial charge in [0.05, 0.1) is 11.4 Å². The van der Waals surface area contributed by atoms with E-state index in [1.807, 2.05) is 6.92 Å². The summed E-state index contributed by atoms with van der Waals surface area (Å²) in [6.07, 6.45) is -4.71. The average Bonchev–Trinajstić information content (AvgIpc) is 2.50. The molecule has 0 aliphatic carbocycles. The highest BCUT2D eigenvalue weighted by molar-refractivity contribution is 9.10. The van der Waals surface area contributed by atoms with E-state index >= 15 is 0 Å². The Balaban J connectivity index is 2.32. The maximum Gasteiger partial charge on any atom is 0.573 e. The van der Waals surface area contributed by atoms with E-state index in [1.165, 1.54) is 36.0 Å². The van der Waals surface area contributed by atoms with Gasteiger partial charge in [0.15, 0.2) is 4.73 Å². The highest BCUT2D eigenvalue weighted by Crippen LogP contribution is 2.31. The van der Waals surface area contributed by atoms with Gasteiger partial charge in [0.1, 0.15) is 10.8 Å². The number of halogens is 4. The van der Waals surface area contributed by atoms with Gasteiger partial charge in [-0.15, -0.1) is 19.1 Å². The number of alkyl halides is 3. The number of thioether (sulfide) groups is 1. The quantitative estimate of drug-likeness (QED) is 0.296. The summed E-state index contributed by atoms with van der Waals surface area (Å²) in [4.78, 5) is 8.65. The van der Waals surface area contributed by atoms with Crippen LogP contribution in [0.25, 0.3) is 11.3 Å². The number of hydrogen-bond acceptors (Lipinski definition) is 4. The Morgan fingerprint density at radius 1 is 1.21 bits per heavy atom. The molecule has 1 aromatic carbocycles.